The molecule has 2 fully saturated rings. The van der Waals surface area contributed by atoms with Gasteiger partial charge < -0.3 is 19.0 Å². The highest BCUT2D eigenvalue weighted by atomic mass is 16.7. The van der Waals surface area contributed by atoms with Gasteiger partial charge in [0.2, 0.25) is 0 Å². The fourth-order valence-electron chi connectivity index (χ4n) is 2.42. The van der Waals surface area contributed by atoms with Crippen LogP contribution in [0.1, 0.15) is 33.6 Å². The van der Waals surface area contributed by atoms with Crippen LogP contribution in [0.2, 0.25) is 0 Å². The predicted molar refractivity (Wildman–Crippen MR) is 66.7 cm³/mol. The number of amides is 1. The third-order valence-electron chi connectivity index (χ3n) is 3.25. The molecule has 0 bridgehead atoms. The number of carbonyl (C=O) groups excluding carboxylic acids is 2. The Morgan fingerprint density at radius 3 is 2.53 bits per heavy atom. The summed E-state index contributed by atoms with van der Waals surface area (Å²) in [6, 6.07) is -0.554. The number of piperidine rings is 1. The lowest BCUT2D eigenvalue weighted by Gasteiger charge is -2.41. The zero-order valence-corrected chi connectivity index (χ0v) is 11.7. The van der Waals surface area contributed by atoms with Gasteiger partial charge in [0.1, 0.15) is 11.9 Å². The summed E-state index contributed by atoms with van der Waals surface area (Å²) in [5, 5.41) is 0. The summed E-state index contributed by atoms with van der Waals surface area (Å²) >= 11 is 0. The van der Waals surface area contributed by atoms with Gasteiger partial charge >= 0.3 is 6.09 Å². The van der Waals surface area contributed by atoms with E-state index in [1.165, 1.54) is 4.90 Å². The second-order valence-electron chi connectivity index (χ2n) is 5.94. The molecule has 2 saturated heterocycles. The van der Waals surface area contributed by atoms with Gasteiger partial charge in [-0.1, -0.05) is 0 Å². The topological polar surface area (TPSA) is 65.1 Å². The molecule has 0 aromatic carbocycles. The number of hydrogen-bond acceptors (Lipinski definition) is 5. The summed E-state index contributed by atoms with van der Waals surface area (Å²) in [5.41, 5.74) is -0.569. The fraction of sp³-hybridized carbons (Fsp3) is 0.846. The predicted octanol–water partition coefficient (Wildman–Crippen LogP) is 1.33. The molecule has 1 atom stereocenters. The molecule has 6 heteroatoms. The van der Waals surface area contributed by atoms with Gasteiger partial charge in [0.25, 0.3) is 0 Å². The van der Waals surface area contributed by atoms with E-state index >= 15 is 0 Å². The third-order valence-corrected chi connectivity index (χ3v) is 3.25. The third kappa shape index (κ3) is 3.25. The molecule has 2 rings (SSSR count). The van der Waals surface area contributed by atoms with Crippen molar-refractivity contribution in [3.8, 4) is 0 Å². The molecule has 108 valence electrons. The second kappa shape index (κ2) is 5.09. The molecule has 0 aliphatic carbocycles. The van der Waals surface area contributed by atoms with Crippen molar-refractivity contribution in [3.63, 3.8) is 0 Å². The van der Waals surface area contributed by atoms with Crippen molar-refractivity contribution in [2.24, 2.45) is 0 Å². The molecule has 1 unspecified atom stereocenters. The Morgan fingerprint density at radius 1 is 1.37 bits per heavy atom. The fourth-order valence-corrected chi connectivity index (χ4v) is 2.42. The van der Waals surface area contributed by atoms with E-state index in [0.717, 1.165) is 6.29 Å². The van der Waals surface area contributed by atoms with Crippen LogP contribution in [0.4, 0.5) is 4.79 Å². The normalized spacial score (nSPS) is 26.5. The first-order chi connectivity index (χ1) is 8.85. The van der Waals surface area contributed by atoms with Crippen LogP contribution in [0, 0.1) is 0 Å². The SMILES string of the molecule is CC(C)(C)OC(=O)N1CCC2(CC1C=O)OCCO2. The zero-order valence-electron chi connectivity index (χ0n) is 11.7. The molecule has 1 amide bonds. The largest absolute Gasteiger partial charge is 0.444 e. The van der Waals surface area contributed by atoms with Gasteiger partial charge in [0.05, 0.1) is 19.3 Å². The first-order valence-electron chi connectivity index (χ1n) is 6.58. The quantitative estimate of drug-likeness (QED) is 0.673. The smallest absolute Gasteiger partial charge is 0.410 e. The summed E-state index contributed by atoms with van der Waals surface area (Å²) in [7, 11) is 0. The average molecular weight is 271 g/mol. The van der Waals surface area contributed by atoms with Crippen molar-refractivity contribution in [1.29, 1.82) is 0 Å². The highest BCUT2D eigenvalue weighted by Crippen LogP contribution is 2.34. The average Bonchev–Trinajstić information content (AvgIpc) is 2.75. The molecule has 0 aromatic heterocycles. The minimum absolute atomic E-state index is 0.371. The van der Waals surface area contributed by atoms with Gasteiger partial charge in [0, 0.05) is 19.4 Å². The minimum Gasteiger partial charge on any atom is -0.444 e. The van der Waals surface area contributed by atoms with Crippen molar-refractivity contribution in [2.45, 2.75) is 51.0 Å². The Labute approximate surface area is 113 Å². The molecule has 1 spiro atoms. The van der Waals surface area contributed by atoms with Crippen molar-refractivity contribution in [3.05, 3.63) is 0 Å². The van der Waals surface area contributed by atoms with E-state index in [1.807, 2.05) is 0 Å². The standard InChI is InChI=1S/C13H21NO5/c1-12(2,3)19-11(16)14-5-4-13(8-10(14)9-15)17-6-7-18-13/h9-10H,4-8H2,1-3H3. The molecule has 0 radical (unpaired) electrons. The maximum atomic E-state index is 12.0. The summed E-state index contributed by atoms with van der Waals surface area (Å²) in [6.07, 6.45) is 1.24. The Kier molecular flexibility index (Phi) is 3.82. The van der Waals surface area contributed by atoms with Gasteiger partial charge in [-0.3, -0.25) is 4.90 Å². The van der Waals surface area contributed by atoms with Gasteiger partial charge in [-0.15, -0.1) is 0 Å². The van der Waals surface area contributed by atoms with E-state index in [1.54, 1.807) is 20.8 Å². The first-order valence-corrected chi connectivity index (χ1v) is 6.58. The number of carbonyl (C=O) groups is 2. The van der Waals surface area contributed by atoms with Gasteiger partial charge in [-0.05, 0) is 20.8 Å². The minimum atomic E-state index is -0.690. The van der Waals surface area contributed by atoms with Crippen LogP contribution in [-0.2, 0) is 19.0 Å². The van der Waals surface area contributed by atoms with Crippen molar-refractivity contribution in [1.82, 2.24) is 4.90 Å². The van der Waals surface area contributed by atoms with Gasteiger partial charge in [-0.2, -0.15) is 0 Å². The highest BCUT2D eigenvalue weighted by molar-refractivity contribution is 5.74. The number of hydrogen-bond donors (Lipinski definition) is 0. The van der Waals surface area contributed by atoms with E-state index in [-0.39, 0.29) is 0 Å². The Balaban J connectivity index is 2.03. The van der Waals surface area contributed by atoms with Crippen LogP contribution in [0.15, 0.2) is 0 Å². The summed E-state index contributed by atoms with van der Waals surface area (Å²) in [4.78, 5) is 24.7. The van der Waals surface area contributed by atoms with Crippen LogP contribution >= 0.6 is 0 Å². The molecular formula is C13H21NO5. The Bertz CT molecular complexity index is 357. The molecule has 2 aliphatic rings. The number of nitrogens with zero attached hydrogens (tertiary/aromatic N) is 1. The van der Waals surface area contributed by atoms with E-state index in [4.69, 9.17) is 14.2 Å². The van der Waals surface area contributed by atoms with E-state index < -0.39 is 23.5 Å². The van der Waals surface area contributed by atoms with E-state index in [0.29, 0.717) is 32.6 Å². The first kappa shape index (κ1) is 14.3. The molecule has 6 nitrogen and oxygen atoms in total. The van der Waals surface area contributed by atoms with Crippen LogP contribution in [0.25, 0.3) is 0 Å². The molecular weight excluding hydrogens is 250 g/mol. The molecule has 0 aromatic rings. The zero-order chi connectivity index (χ0) is 14.1. The van der Waals surface area contributed by atoms with Crippen LogP contribution < -0.4 is 0 Å². The van der Waals surface area contributed by atoms with Crippen molar-refractivity contribution in [2.75, 3.05) is 19.8 Å². The maximum Gasteiger partial charge on any atom is 0.410 e. The number of rotatable bonds is 1. The Hall–Kier alpha value is -1.14. The number of likely N-dealkylation sites (tertiary alicyclic amines) is 1. The van der Waals surface area contributed by atoms with Gasteiger partial charge in [-0.25, -0.2) is 4.79 Å². The lowest BCUT2D eigenvalue weighted by Crippen LogP contribution is -2.54. The number of ether oxygens (including phenoxy) is 3. The highest BCUT2D eigenvalue weighted by Gasteiger charge is 2.46. The van der Waals surface area contributed by atoms with Crippen LogP contribution in [0.3, 0.4) is 0 Å². The summed E-state index contributed by atoms with van der Waals surface area (Å²) < 4.78 is 16.5. The van der Waals surface area contributed by atoms with Crippen molar-refractivity contribution < 1.29 is 23.8 Å². The number of aldehydes is 1. The maximum absolute atomic E-state index is 12.0. The van der Waals surface area contributed by atoms with Crippen LogP contribution in [-0.4, -0.2) is 54.5 Å². The Morgan fingerprint density at radius 2 is 2.00 bits per heavy atom. The summed E-state index contributed by atoms with van der Waals surface area (Å²) in [5.74, 6) is -0.690. The molecule has 2 aliphatic heterocycles. The molecule has 19 heavy (non-hydrogen) atoms. The molecule has 2 heterocycles. The monoisotopic (exact) mass is 271 g/mol. The van der Waals surface area contributed by atoms with Gasteiger partial charge in [0.15, 0.2) is 5.79 Å². The lowest BCUT2D eigenvalue weighted by atomic mass is 9.97. The molecule has 0 N–H and O–H groups in total. The van der Waals surface area contributed by atoms with E-state index in [2.05, 4.69) is 0 Å². The molecule has 0 saturated carbocycles. The summed E-state index contributed by atoms with van der Waals surface area (Å²) in [6.45, 7) is 6.88. The van der Waals surface area contributed by atoms with Crippen molar-refractivity contribution >= 4 is 12.4 Å². The van der Waals surface area contributed by atoms with Crippen LogP contribution in [0.5, 0.6) is 0 Å². The van der Waals surface area contributed by atoms with E-state index in [9.17, 15) is 9.59 Å². The second-order valence-corrected chi connectivity index (χ2v) is 5.94. The lowest BCUT2D eigenvalue weighted by molar-refractivity contribution is -0.193.